The fourth-order valence-corrected chi connectivity index (χ4v) is 3.22. The summed E-state index contributed by atoms with van der Waals surface area (Å²) in [5.41, 5.74) is 3.12. The summed E-state index contributed by atoms with van der Waals surface area (Å²) in [7, 11) is 3.98. The van der Waals surface area contributed by atoms with E-state index in [2.05, 4.69) is 18.0 Å². The first-order valence-electron chi connectivity index (χ1n) is 8.08. The van der Waals surface area contributed by atoms with Gasteiger partial charge in [0.1, 0.15) is 5.82 Å². The number of carbonyl (C=O) groups is 1. The first-order valence-corrected chi connectivity index (χ1v) is 8.08. The van der Waals surface area contributed by atoms with Crippen LogP contribution in [0.1, 0.15) is 40.4 Å². The number of rotatable bonds is 3. The van der Waals surface area contributed by atoms with Gasteiger partial charge in [-0.05, 0) is 49.1 Å². The Labute approximate surface area is 137 Å². The van der Waals surface area contributed by atoms with Gasteiger partial charge in [0.05, 0.1) is 6.04 Å². The molecule has 120 valence electrons. The van der Waals surface area contributed by atoms with Crippen molar-refractivity contribution in [1.82, 2.24) is 9.88 Å². The van der Waals surface area contributed by atoms with Gasteiger partial charge in [0, 0.05) is 32.4 Å². The molecule has 0 aliphatic carbocycles. The van der Waals surface area contributed by atoms with E-state index in [0.717, 1.165) is 36.3 Å². The maximum absolute atomic E-state index is 12.8. The highest BCUT2D eigenvalue weighted by Crippen LogP contribution is 2.35. The van der Waals surface area contributed by atoms with Crippen LogP contribution in [-0.2, 0) is 0 Å². The Hall–Kier alpha value is -2.36. The second kappa shape index (κ2) is 6.41. The molecule has 0 radical (unpaired) electrons. The minimum atomic E-state index is 0.115. The fourth-order valence-electron chi connectivity index (χ4n) is 3.22. The van der Waals surface area contributed by atoms with Crippen LogP contribution in [0.3, 0.4) is 0 Å². The van der Waals surface area contributed by atoms with E-state index in [0.29, 0.717) is 0 Å². The molecule has 3 rings (SSSR count). The van der Waals surface area contributed by atoms with E-state index in [1.54, 1.807) is 0 Å². The van der Waals surface area contributed by atoms with Crippen LogP contribution >= 0.6 is 0 Å². The molecular formula is C19H23N3O. The molecular weight excluding hydrogens is 286 g/mol. The maximum atomic E-state index is 12.8. The summed E-state index contributed by atoms with van der Waals surface area (Å²) in [6.45, 7) is 2.92. The van der Waals surface area contributed by atoms with Crippen molar-refractivity contribution in [2.24, 2.45) is 0 Å². The number of carbonyl (C=O) groups excluding carboxylic acids is 1. The van der Waals surface area contributed by atoms with Gasteiger partial charge in [0.25, 0.3) is 5.91 Å². The highest BCUT2D eigenvalue weighted by atomic mass is 16.2. The fraction of sp³-hybridized carbons (Fsp3) is 0.368. The van der Waals surface area contributed by atoms with Gasteiger partial charge in [-0.2, -0.15) is 0 Å². The molecule has 0 bridgehead atoms. The molecule has 1 aromatic carbocycles. The Morgan fingerprint density at radius 1 is 1.26 bits per heavy atom. The quantitative estimate of drug-likeness (QED) is 0.871. The molecule has 1 aromatic heterocycles. The molecule has 1 fully saturated rings. The topological polar surface area (TPSA) is 36.4 Å². The number of hydrogen-bond donors (Lipinski definition) is 0. The summed E-state index contributed by atoms with van der Waals surface area (Å²) in [6, 6.07) is 11.8. The van der Waals surface area contributed by atoms with Gasteiger partial charge >= 0.3 is 0 Å². The smallest absolute Gasteiger partial charge is 0.254 e. The molecule has 0 unspecified atom stereocenters. The molecule has 1 saturated heterocycles. The van der Waals surface area contributed by atoms with Gasteiger partial charge in [-0.1, -0.05) is 18.2 Å². The van der Waals surface area contributed by atoms with Crippen LogP contribution in [0.25, 0.3) is 0 Å². The van der Waals surface area contributed by atoms with Crippen molar-refractivity contribution in [1.29, 1.82) is 0 Å². The van der Waals surface area contributed by atoms with E-state index < -0.39 is 0 Å². The van der Waals surface area contributed by atoms with Crippen molar-refractivity contribution in [3.63, 3.8) is 0 Å². The molecule has 4 nitrogen and oxygen atoms in total. The number of likely N-dealkylation sites (tertiary alicyclic amines) is 1. The normalized spacial score (nSPS) is 17.3. The zero-order valence-corrected chi connectivity index (χ0v) is 14.0. The average molecular weight is 309 g/mol. The molecule has 1 aliphatic heterocycles. The number of amides is 1. The van der Waals surface area contributed by atoms with E-state index >= 15 is 0 Å². The number of benzene rings is 1. The number of aryl methyl sites for hydroxylation is 1. The monoisotopic (exact) mass is 309 g/mol. The Morgan fingerprint density at radius 3 is 2.65 bits per heavy atom. The van der Waals surface area contributed by atoms with Crippen LogP contribution in [0, 0.1) is 6.92 Å². The van der Waals surface area contributed by atoms with Crippen LogP contribution < -0.4 is 4.90 Å². The second-order valence-electron chi connectivity index (χ2n) is 6.32. The molecule has 2 aromatic rings. The van der Waals surface area contributed by atoms with Gasteiger partial charge < -0.3 is 9.80 Å². The van der Waals surface area contributed by atoms with Crippen LogP contribution in [0.15, 0.2) is 42.6 Å². The van der Waals surface area contributed by atoms with Crippen molar-refractivity contribution in [2.45, 2.75) is 25.8 Å². The summed E-state index contributed by atoms with van der Waals surface area (Å²) in [5.74, 6) is 1.06. The van der Waals surface area contributed by atoms with Gasteiger partial charge in [-0.15, -0.1) is 0 Å². The van der Waals surface area contributed by atoms with Crippen LogP contribution in [0.2, 0.25) is 0 Å². The lowest BCUT2D eigenvalue weighted by atomic mass is 10.0. The van der Waals surface area contributed by atoms with Gasteiger partial charge in [0.15, 0.2) is 0 Å². The summed E-state index contributed by atoms with van der Waals surface area (Å²) >= 11 is 0. The predicted octanol–water partition coefficient (Wildman–Crippen LogP) is 3.43. The molecule has 4 heteroatoms. The third-order valence-electron chi connectivity index (χ3n) is 4.49. The van der Waals surface area contributed by atoms with Crippen molar-refractivity contribution < 1.29 is 4.79 Å². The van der Waals surface area contributed by atoms with Crippen LogP contribution in [0.4, 0.5) is 5.82 Å². The molecule has 0 spiro atoms. The minimum Gasteiger partial charge on any atom is -0.363 e. The average Bonchev–Trinajstić information content (AvgIpc) is 3.04. The van der Waals surface area contributed by atoms with Crippen molar-refractivity contribution in [2.75, 3.05) is 25.5 Å². The summed E-state index contributed by atoms with van der Waals surface area (Å²) in [5, 5.41) is 0. The van der Waals surface area contributed by atoms with Gasteiger partial charge in [-0.25, -0.2) is 4.98 Å². The lowest BCUT2D eigenvalue weighted by Gasteiger charge is -2.26. The number of nitrogens with zero attached hydrogens (tertiary/aromatic N) is 3. The first-order chi connectivity index (χ1) is 11.1. The van der Waals surface area contributed by atoms with Crippen LogP contribution in [0.5, 0.6) is 0 Å². The maximum Gasteiger partial charge on any atom is 0.254 e. The minimum absolute atomic E-state index is 0.115. The summed E-state index contributed by atoms with van der Waals surface area (Å²) in [6.07, 6.45) is 3.98. The largest absolute Gasteiger partial charge is 0.363 e. The number of anilines is 1. The lowest BCUT2D eigenvalue weighted by molar-refractivity contribution is 0.0735. The summed E-state index contributed by atoms with van der Waals surface area (Å²) in [4.78, 5) is 21.3. The zero-order chi connectivity index (χ0) is 16.4. The first kappa shape index (κ1) is 15.5. The summed E-state index contributed by atoms with van der Waals surface area (Å²) < 4.78 is 0. The van der Waals surface area contributed by atoms with E-state index in [-0.39, 0.29) is 11.9 Å². The lowest BCUT2D eigenvalue weighted by Crippen LogP contribution is -2.31. The van der Waals surface area contributed by atoms with E-state index in [1.807, 2.05) is 60.4 Å². The number of pyridine rings is 1. The molecule has 1 amide bonds. The van der Waals surface area contributed by atoms with Gasteiger partial charge in [-0.3, -0.25) is 4.79 Å². The molecule has 23 heavy (non-hydrogen) atoms. The second-order valence-corrected chi connectivity index (χ2v) is 6.32. The SMILES string of the molecule is Cc1cc(N(C)C)ncc1[C@@H]1CCCN1C(=O)c1ccccc1. The van der Waals surface area contributed by atoms with E-state index in [9.17, 15) is 4.79 Å². The standard InChI is InChI=1S/C19H23N3O/c1-14-12-18(21(2)3)20-13-16(14)17-10-7-11-22(17)19(23)15-8-5-4-6-9-15/h4-6,8-9,12-13,17H,7,10-11H2,1-3H3/t17-/m0/s1. The van der Waals surface area contributed by atoms with Crippen molar-refractivity contribution in [3.8, 4) is 0 Å². The third kappa shape index (κ3) is 3.07. The molecule has 1 atom stereocenters. The van der Waals surface area contributed by atoms with Crippen molar-refractivity contribution >= 4 is 11.7 Å². The Morgan fingerprint density at radius 2 is 2.00 bits per heavy atom. The molecule has 1 aliphatic rings. The number of aromatic nitrogens is 1. The highest BCUT2D eigenvalue weighted by molar-refractivity contribution is 5.94. The Balaban J connectivity index is 1.89. The van der Waals surface area contributed by atoms with E-state index in [4.69, 9.17) is 0 Å². The third-order valence-corrected chi connectivity index (χ3v) is 4.49. The molecule has 0 saturated carbocycles. The van der Waals surface area contributed by atoms with Crippen LogP contribution in [-0.4, -0.2) is 36.4 Å². The van der Waals surface area contributed by atoms with E-state index in [1.165, 1.54) is 5.56 Å². The Kier molecular flexibility index (Phi) is 4.33. The number of hydrogen-bond acceptors (Lipinski definition) is 3. The Bertz CT molecular complexity index is 697. The molecule has 2 heterocycles. The highest BCUT2D eigenvalue weighted by Gasteiger charge is 2.31. The molecule has 0 N–H and O–H groups in total. The van der Waals surface area contributed by atoms with Crippen molar-refractivity contribution in [3.05, 3.63) is 59.3 Å². The van der Waals surface area contributed by atoms with Gasteiger partial charge in [0.2, 0.25) is 0 Å². The zero-order valence-electron chi connectivity index (χ0n) is 14.0. The predicted molar refractivity (Wildman–Crippen MR) is 92.8 cm³/mol.